The number of primary amides is 1. The summed E-state index contributed by atoms with van der Waals surface area (Å²) in [5, 5.41) is 5.41. The summed E-state index contributed by atoms with van der Waals surface area (Å²) in [5.74, 6) is -1.04. The second kappa shape index (κ2) is 21.8. The van der Waals surface area contributed by atoms with E-state index < -0.39 is 11.9 Å². The lowest BCUT2D eigenvalue weighted by Gasteiger charge is -2.22. The normalized spacial score (nSPS) is 17.0. The molecule has 3 amide bonds. The Labute approximate surface area is 227 Å². The molecule has 0 aromatic carbocycles. The van der Waals surface area contributed by atoms with Crippen LogP contribution in [0.15, 0.2) is 12.2 Å². The molecule has 0 radical (unpaired) electrons. The number of amides is 3. The number of ether oxygens (including phenoxy) is 5. The zero-order valence-electron chi connectivity index (χ0n) is 23.3. The second-order valence-electron chi connectivity index (χ2n) is 9.65. The van der Waals surface area contributed by atoms with Crippen molar-refractivity contribution < 1.29 is 38.1 Å². The van der Waals surface area contributed by atoms with E-state index >= 15 is 0 Å². The molecule has 1 saturated carbocycles. The quantitative estimate of drug-likeness (QED) is 0.146. The van der Waals surface area contributed by atoms with Gasteiger partial charge in [-0.3, -0.25) is 14.4 Å². The fourth-order valence-corrected chi connectivity index (χ4v) is 3.83. The molecule has 4 N–H and O–H groups in total. The summed E-state index contributed by atoms with van der Waals surface area (Å²) in [4.78, 5) is 35.1. The Morgan fingerprint density at radius 2 is 1.45 bits per heavy atom. The van der Waals surface area contributed by atoms with E-state index in [-0.39, 0.29) is 43.5 Å². The van der Waals surface area contributed by atoms with E-state index in [0.717, 1.165) is 31.3 Å². The van der Waals surface area contributed by atoms with E-state index in [1.54, 1.807) is 0 Å². The molecule has 1 aliphatic rings. The Kier molecular flexibility index (Phi) is 19.5. The van der Waals surface area contributed by atoms with Gasteiger partial charge in [-0.2, -0.15) is 0 Å². The van der Waals surface area contributed by atoms with Gasteiger partial charge in [0.2, 0.25) is 17.7 Å². The van der Waals surface area contributed by atoms with Crippen molar-refractivity contribution in [3.05, 3.63) is 12.2 Å². The Morgan fingerprint density at radius 3 is 2.05 bits per heavy atom. The first-order valence-corrected chi connectivity index (χ1v) is 13.8. The summed E-state index contributed by atoms with van der Waals surface area (Å²) >= 11 is 0. The maximum absolute atomic E-state index is 12.0. The predicted octanol–water partition coefficient (Wildman–Crippen LogP) is 1.48. The van der Waals surface area contributed by atoms with Crippen LogP contribution >= 0.6 is 0 Å². The SMILES string of the molecule is C=C1CCCCCCC1OCC(=O)NCCOCCOCCOCCOCCC(=O)NC(C(N)=O)C(C)C. The van der Waals surface area contributed by atoms with Crippen molar-refractivity contribution in [1.29, 1.82) is 0 Å². The van der Waals surface area contributed by atoms with Gasteiger partial charge in [-0.05, 0) is 30.8 Å². The summed E-state index contributed by atoms with van der Waals surface area (Å²) in [7, 11) is 0. The molecule has 0 saturated heterocycles. The van der Waals surface area contributed by atoms with Crippen LogP contribution in [0, 0.1) is 5.92 Å². The summed E-state index contributed by atoms with van der Waals surface area (Å²) in [6, 6.07) is -0.677. The minimum absolute atomic E-state index is 0.0161. The molecule has 0 spiro atoms. The van der Waals surface area contributed by atoms with Crippen molar-refractivity contribution in [2.24, 2.45) is 11.7 Å². The van der Waals surface area contributed by atoms with Crippen molar-refractivity contribution in [3.8, 4) is 0 Å². The number of nitrogens with two attached hydrogens (primary N) is 1. The first kappa shape index (κ1) is 34.0. The molecule has 38 heavy (non-hydrogen) atoms. The van der Waals surface area contributed by atoms with E-state index in [9.17, 15) is 14.4 Å². The molecule has 220 valence electrons. The summed E-state index contributed by atoms with van der Waals surface area (Å²) in [6.45, 7) is 11.3. The molecule has 2 unspecified atom stereocenters. The summed E-state index contributed by atoms with van der Waals surface area (Å²) < 4.78 is 27.4. The van der Waals surface area contributed by atoms with Gasteiger partial charge >= 0.3 is 0 Å². The highest BCUT2D eigenvalue weighted by Crippen LogP contribution is 2.23. The van der Waals surface area contributed by atoms with E-state index in [2.05, 4.69) is 17.2 Å². The van der Waals surface area contributed by atoms with Gasteiger partial charge in [-0.1, -0.05) is 39.7 Å². The van der Waals surface area contributed by atoms with Crippen LogP contribution in [0.5, 0.6) is 0 Å². The summed E-state index contributed by atoms with van der Waals surface area (Å²) in [5.41, 5.74) is 6.37. The molecule has 0 heterocycles. The standard InChI is InChI=1S/C27H49N3O8/c1-21(2)26(27(28)33)30-24(31)10-12-34-14-16-36-18-19-37-17-15-35-13-11-29-25(32)20-38-23-9-7-5-4-6-8-22(23)3/h21,23,26H,3-20H2,1-2H3,(H2,28,33)(H,29,32)(H,30,31). The molecule has 1 aliphatic carbocycles. The maximum Gasteiger partial charge on any atom is 0.246 e. The maximum atomic E-state index is 12.0. The van der Waals surface area contributed by atoms with Crippen LogP contribution in [-0.2, 0) is 38.1 Å². The van der Waals surface area contributed by atoms with E-state index in [4.69, 9.17) is 29.4 Å². The smallest absolute Gasteiger partial charge is 0.246 e. The third-order valence-corrected chi connectivity index (χ3v) is 6.03. The van der Waals surface area contributed by atoms with Crippen molar-refractivity contribution in [3.63, 3.8) is 0 Å². The zero-order chi connectivity index (χ0) is 28.0. The second-order valence-corrected chi connectivity index (χ2v) is 9.65. The average Bonchev–Trinajstić information content (AvgIpc) is 2.86. The van der Waals surface area contributed by atoms with Crippen LogP contribution in [0.2, 0.25) is 0 Å². The fraction of sp³-hybridized carbons (Fsp3) is 0.815. The van der Waals surface area contributed by atoms with Crippen LogP contribution in [-0.4, -0.2) is 95.9 Å². The van der Waals surface area contributed by atoms with Crippen molar-refractivity contribution in [2.75, 3.05) is 66.0 Å². The number of hydrogen-bond acceptors (Lipinski definition) is 8. The predicted molar refractivity (Wildman–Crippen MR) is 143 cm³/mol. The zero-order valence-corrected chi connectivity index (χ0v) is 23.3. The van der Waals surface area contributed by atoms with Gasteiger partial charge in [-0.15, -0.1) is 0 Å². The van der Waals surface area contributed by atoms with Gasteiger partial charge in [0, 0.05) is 13.0 Å². The number of rotatable bonds is 21. The first-order valence-electron chi connectivity index (χ1n) is 13.8. The van der Waals surface area contributed by atoms with Gasteiger partial charge in [0.05, 0.1) is 59.0 Å². The lowest BCUT2D eigenvalue weighted by atomic mass is 9.95. The van der Waals surface area contributed by atoms with Gasteiger partial charge in [0.1, 0.15) is 12.6 Å². The molecule has 11 nitrogen and oxygen atoms in total. The molecular weight excluding hydrogens is 494 g/mol. The lowest BCUT2D eigenvalue weighted by molar-refractivity contribution is -0.129. The topological polar surface area (TPSA) is 147 Å². The van der Waals surface area contributed by atoms with Gasteiger partial charge in [-0.25, -0.2) is 0 Å². The third kappa shape index (κ3) is 17.5. The van der Waals surface area contributed by atoms with Crippen LogP contribution in [0.3, 0.4) is 0 Å². The molecule has 0 aromatic heterocycles. The van der Waals surface area contributed by atoms with Crippen LogP contribution in [0.1, 0.15) is 58.8 Å². The Hall–Kier alpha value is -2.05. The molecule has 1 rings (SSSR count). The average molecular weight is 544 g/mol. The lowest BCUT2D eigenvalue weighted by Crippen LogP contribution is -2.47. The third-order valence-electron chi connectivity index (χ3n) is 6.03. The molecule has 11 heteroatoms. The van der Waals surface area contributed by atoms with Gasteiger partial charge in [0.15, 0.2) is 0 Å². The molecule has 0 aliphatic heterocycles. The van der Waals surface area contributed by atoms with Gasteiger partial charge in [0.25, 0.3) is 0 Å². The van der Waals surface area contributed by atoms with Crippen LogP contribution in [0.4, 0.5) is 0 Å². The molecule has 0 aromatic rings. The number of carbonyl (C=O) groups excluding carboxylic acids is 3. The summed E-state index contributed by atoms with van der Waals surface area (Å²) in [6.07, 6.45) is 6.77. The molecular formula is C27H49N3O8. The Morgan fingerprint density at radius 1 is 0.868 bits per heavy atom. The van der Waals surface area contributed by atoms with Crippen molar-refractivity contribution in [1.82, 2.24) is 10.6 Å². The van der Waals surface area contributed by atoms with Crippen LogP contribution < -0.4 is 16.4 Å². The van der Waals surface area contributed by atoms with E-state index in [0.29, 0.717) is 52.8 Å². The van der Waals surface area contributed by atoms with Crippen LogP contribution in [0.25, 0.3) is 0 Å². The Bertz CT molecular complexity index is 689. The highest BCUT2D eigenvalue weighted by atomic mass is 16.6. The molecule has 1 fully saturated rings. The largest absolute Gasteiger partial charge is 0.379 e. The van der Waals surface area contributed by atoms with E-state index in [1.165, 1.54) is 12.8 Å². The molecule has 0 bridgehead atoms. The number of carbonyl (C=O) groups is 3. The first-order chi connectivity index (χ1) is 18.3. The minimum atomic E-state index is -0.677. The fourth-order valence-electron chi connectivity index (χ4n) is 3.83. The van der Waals surface area contributed by atoms with Gasteiger partial charge < -0.3 is 40.1 Å². The highest BCUT2D eigenvalue weighted by molar-refractivity contribution is 5.86. The van der Waals surface area contributed by atoms with Crippen molar-refractivity contribution >= 4 is 17.7 Å². The number of nitrogens with one attached hydrogen (secondary N) is 2. The molecule has 2 atom stereocenters. The monoisotopic (exact) mass is 543 g/mol. The minimum Gasteiger partial charge on any atom is -0.379 e. The van der Waals surface area contributed by atoms with E-state index in [1.807, 2.05) is 13.8 Å². The number of hydrogen-bond donors (Lipinski definition) is 3. The highest BCUT2D eigenvalue weighted by Gasteiger charge is 2.21. The van der Waals surface area contributed by atoms with Crippen molar-refractivity contribution in [2.45, 2.75) is 70.9 Å². The Balaban J connectivity index is 1.86.